The van der Waals surface area contributed by atoms with Crippen molar-refractivity contribution in [3.8, 4) is 0 Å². The van der Waals surface area contributed by atoms with E-state index in [4.69, 9.17) is 5.11 Å². The van der Waals surface area contributed by atoms with Gasteiger partial charge < -0.3 is 5.11 Å². The molecular formula is C8H5Br3O2. The summed E-state index contributed by atoms with van der Waals surface area (Å²) < 4.78 is 0.619. The lowest BCUT2D eigenvalue weighted by Crippen LogP contribution is -2.01. The summed E-state index contributed by atoms with van der Waals surface area (Å²) in [7, 11) is 0. The minimum Gasteiger partial charge on any atom is -0.478 e. The summed E-state index contributed by atoms with van der Waals surface area (Å²) in [6.07, 6.45) is 0. The number of carboxylic acid groups (broad SMARTS) is 1. The Morgan fingerprint density at radius 2 is 2.00 bits per heavy atom. The normalized spacial score (nSPS) is 10.5. The fourth-order valence-electron chi connectivity index (χ4n) is 0.904. The van der Waals surface area contributed by atoms with Gasteiger partial charge in [0.25, 0.3) is 0 Å². The molecule has 0 saturated heterocycles. The van der Waals surface area contributed by atoms with Gasteiger partial charge in [0.05, 0.1) is 9.30 Å². The van der Waals surface area contributed by atoms with Crippen LogP contribution in [0.2, 0.25) is 0 Å². The number of hydrogen-bond donors (Lipinski definition) is 1. The largest absolute Gasteiger partial charge is 0.478 e. The molecule has 0 aliphatic carbocycles. The van der Waals surface area contributed by atoms with Crippen LogP contribution in [-0.4, -0.2) is 11.1 Å². The SMILES string of the molecule is O=C(O)c1cc(Br)ccc1C(Br)Br. The third-order valence-corrected chi connectivity index (χ3v) is 2.96. The number of carboxylic acids is 1. The average molecular weight is 373 g/mol. The molecule has 0 saturated carbocycles. The molecule has 0 amide bonds. The van der Waals surface area contributed by atoms with Crippen molar-refractivity contribution in [1.29, 1.82) is 0 Å². The molecular weight excluding hydrogens is 368 g/mol. The molecule has 13 heavy (non-hydrogen) atoms. The first-order valence-electron chi connectivity index (χ1n) is 3.33. The van der Waals surface area contributed by atoms with Gasteiger partial charge in [0.1, 0.15) is 0 Å². The number of rotatable bonds is 2. The molecule has 0 aliphatic heterocycles. The Morgan fingerprint density at radius 1 is 1.38 bits per heavy atom. The van der Waals surface area contributed by atoms with E-state index in [2.05, 4.69) is 47.8 Å². The Balaban J connectivity index is 3.27. The second-order valence-electron chi connectivity index (χ2n) is 2.34. The van der Waals surface area contributed by atoms with E-state index in [1.54, 1.807) is 18.2 Å². The standard InChI is InChI=1S/C8H5Br3O2/c9-4-1-2-5(7(10)11)6(3-4)8(12)13/h1-3,7H,(H,12,13). The van der Waals surface area contributed by atoms with Crippen molar-refractivity contribution < 1.29 is 9.90 Å². The summed E-state index contributed by atoms with van der Waals surface area (Å²) in [5.41, 5.74) is 0.990. The third kappa shape index (κ3) is 2.79. The number of benzene rings is 1. The van der Waals surface area contributed by atoms with Crippen LogP contribution in [0, 0.1) is 0 Å². The van der Waals surface area contributed by atoms with Crippen LogP contribution in [0.1, 0.15) is 19.7 Å². The predicted octanol–water partition coefficient (Wildman–Crippen LogP) is 3.94. The highest BCUT2D eigenvalue weighted by Gasteiger charge is 2.14. The van der Waals surface area contributed by atoms with Crippen LogP contribution in [0.5, 0.6) is 0 Å². The molecule has 2 nitrogen and oxygen atoms in total. The molecule has 70 valence electrons. The Morgan fingerprint density at radius 3 is 2.46 bits per heavy atom. The van der Waals surface area contributed by atoms with Crippen molar-refractivity contribution in [2.24, 2.45) is 0 Å². The molecule has 1 rings (SSSR count). The van der Waals surface area contributed by atoms with Gasteiger partial charge in [0, 0.05) is 4.47 Å². The molecule has 1 aromatic rings. The van der Waals surface area contributed by atoms with E-state index >= 15 is 0 Å². The fourth-order valence-corrected chi connectivity index (χ4v) is 2.06. The first kappa shape index (κ1) is 11.2. The number of aromatic carboxylic acids is 1. The van der Waals surface area contributed by atoms with Gasteiger partial charge in [-0.3, -0.25) is 0 Å². The lowest BCUT2D eigenvalue weighted by Gasteiger charge is -2.06. The van der Waals surface area contributed by atoms with Gasteiger partial charge in [0.2, 0.25) is 0 Å². The summed E-state index contributed by atoms with van der Waals surface area (Å²) in [6, 6.07) is 5.13. The van der Waals surface area contributed by atoms with Gasteiger partial charge >= 0.3 is 5.97 Å². The molecule has 0 aliphatic rings. The van der Waals surface area contributed by atoms with E-state index < -0.39 is 5.97 Å². The highest BCUT2D eigenvalue weighted by atomic mass is 79.9. The predicted molar refractivity (Wildman–Crippen MR) is 61.7 cm³/mol. The van der Waals surface area contributed by atoms with Crippen LogP contribution in [0.25, 0.3) is 0 Å². The molecule has 0 atom stereocenters. The highest BCUT2D eigenvalue weighted by Crippen LogP contribution is 2.32. The number of halogens is 3. The zero-order valence-corrected chi connectivity index (χ0v) is 11.1. The summed E-state index contributed by atoms with van der Waals surface area (Å²) in [4.78, 5) is 10.8. The number of alkyl halides is 2. The molecule has 0 aromatic heterocycles. The Kier molecular flexibility index (Phi) is 3.94. The summed E-state index contributed by atoms with van der Waals surface area (Å²) in [5, 5.41) is 8.88. The van der Waals surface area contributed by atoms with E-state index in [1.807, 2.05) is 0 Å². The lowest BCUT2D eigenvalue weighted by molar-refractivity contribution is 0.0696. The zero-order chi connectivity index (χ0) is 10.0. The Bertz CT molecular complexity index is 336. The van der Waals surface area contributed by atoms with Gasteiger partial charge in [-0.05, 0) is 17.7 Å². The molecule has 5 heteroatoms. The number of carbonyl (C=O) groups is 1. The Labute approximate surface area is 101 Å². The van der Waals surface area contributed by atoms with E-state index in [9.17, 15) is 4.79 Å². The maximum Gasteiger partial charge on any atom is 0.336 e. The molecule has 1 aromatic carbocycles. The summed E-state index contributed by atoms with van der Waals surface area (Å²) in [6.45, 7) is 0. The maximum absolute atomic E-state index is 10.8. The van der Waals surface area contributed by atoms with Crippen LogP contribution >= 0.6 is 47.8 Å². The molecule has 0 radical (unpaired) electrons. The second-order valence-corrected chi connectivity index (χ2v) is 6.31. The average Bonchev–Trinajstić information content (AvgIpc) is 2.03. The topological polar surface area (TPSA) is 37.3 Å². The van der Waals surface area contributed by atoms with Crippen molar-refractivity contribution >= 4 is 53.8 Å². The van der Waals surface area contributed by atoms with Gasteiger partial charge in [-0.25, -0.2) is 4.79 Å². The van der Waals surface area contributed by atoms with Crippen molar-refractivity contribution in [3.05, 3.63) is 33.8 Å². The Hall–Kier alpha value is 0.130. The lowest BCUT2D eigenvalue weighted by atomic mass is 10.1. The molecule has 0 unspecified atom stereocenters. The number of hydrogen-bond acceptors (Lipinski definition) is 1. The first-order valence-corrected chi connectivity index (χ1v) is 5.95. The molecule has 1 N–H and O–H groups in total. The minimum absolute atomic E-state index is 0.140. The quantitative estimate of drug-likeness (QED) is 0.798. The summed E-state index contributed by atoms with van der Waals surface area (Å²) in [5.74, 6) is -0.930. The molecule has 0 heterocycles. The second kappa shape index (κ2) is 4.57. The van der Waals surface area contributed by atoms with E-state index in [1.165, 1.54) is 0 Å². The van der Waals surface area contributed by atoms with Crippen LogP contribution in [-0.2, 0) is 0 Å². The van der Waals surface area contributed by atoms with Crippen molar-refractivity contribution in [2.45, 2.75) is 3.74 Å². The van der Waals surface area contributed by atoms with Crippen molar-refractivity contribution in [1.82, 2.24) is 0 Å². The summed E-state index contributed by atoms with van der Waals surface area (Å²) >= 11 is 9.75. The smallest absolute Gasteiger partial charge is 0.336 e. The maximum atomic E-state index is 10.8. The van der Waals surface area contributed by atoms with Crippen LogP contribution in [0.3, 0.4) is 0 Å². The van der Waals surface area contributed by atoms with Gasteiger partial charge in [-0.15, -0.1) is 0 Å². The van der Waals surface area contributed by atoms with Crippen LogP contribution in [0.4, 0.5) is 0 Å². The van der Waals surface area contributed by atoms with E-state index in [0.29, 0.717) is 5.56 Å². The van der Waals surface area contributed by atoms with E-state index in [0.717, 1.165) is 4.47 Å². The van der Waals surface area contributed by atoms with Gasteiger partial charge in [0.15, 0.2) is 0 Å². The van der Waals surface area contributed by atoms with Gasteiger partial charge in [-0.1, -0.05) is 53.9 Å². The first-order chi connectivity index (χ1) is 6.02. The molecule has 0 bridgehead atoms. The third-order valence-electron chi connectivity index (χ3n) is 1.48. The van der Waals surface area contributed by atoms with Crippen LogP contribution < -0.4 is 0 Å². The van der Waals surface area contributed by atoms with Crippen molar-refractivity contribution in [2.75, 3.05) is 0 Å². The minimum atomic E-state index is -0.930. The fraction of sp³-hybridized carbons (Fsp3) is 0.125. The van der Waals surface area contributed by atoms with Gasteiger partial charge in [-0.2, -0.15) is 0 Å². The zero-order valence-electron chi connectivity index (χ0n) is 6.30. The molecule has 0 fully saturated rings. The van der Waals surface area contributed by atoms with E-state index in [-0.39, 0.29) is 9.30 Å². The van der Waals surface area contributed by atoms with Crippen LogP contribution in [0.15, 0.2) is 22.7 Å². The highest BCUT2D eigenvalue weighted by molar-refractivity contribution is 9.24. The monoisotopic (exact) mass is 370 g/mol. The van der Waals surface area contributed by atoms with Crippen molar-refractivity contribution in [3.63, 3.8) is 0 Å². The molecule has 0 spiro atoms.